The number of aromatic nitrogens is 1. The molecule has 2 nitrogen and oxygen atoms in total. The first kappa shape index (κ1) is 12.9. The minimum absolute atomic E-state index is 0.159. The number of aliphatic hydroxyl groups is 1. The fourth-order valence-corrected chi connectivity index (χ4v) is 1.98. The second kappa shape index (κ2) is 4.28. The summed E-state index contributed by atoms with van der Waals surface area (Å²) in [5.74, 6) is -1.29. The summed E-state index contributed by atoms with van der Waals surface area (Å²) in [5, 5.41) is 9.06. The number of rotatable bonds is 2. The lowest BCUT2D eigenvalue weighted by molar-refractivity contribution is -0.138. The number of benzene rings is 1. The van der Waals surface area contributed by atoms with E-state index in [1.165, 1.54) is 29.8 Å². The predicted molar refractivity (Wildman–Crippen MR) is 58.6 cm³/mol. The molecule has 2 aromatic rings. The largest absolute Gasteiger partial charge is 0.419 e. The molecule has 1 N–H and O–H groups in total. The van der Waals surface area contributed by atoms with E-state index in [0.717, 1.165) is 6.07 Å². The third-order valence-corrected chi connectivity index (χ3v) is 2.65. The molecule has 98 valence electrons. The maximum atomic E-state index is 13.3. The highest BCUT2D eigenvalue weighted by atomic mass is 19.4. The van der Waals surface area contributed by atoms with Crippen molar-refractivity contribution in [1.29, 1.82) is 0 Å². The summed E-state index contributed by atoms with van der Waals surface area (Å²) in [6.07, 6.45) is -4.02. The van der Waals surface area contributed by atoms with E-state index in [1.807, 2.05) is 0 Å². The Balaban J connectivity index is 2.65. The maximum absolute atomic E-state index is 13.3. The number of alkyl halides is 3. The van der Waals surface area contributed by atoms with Crippen LogP contribution in [0.2, 0.25) is 0 Å². The molecule has 0 amide bonds. The Morgan fingerprint density at radius 1 is 1.28 bits per heavy atom. The van der Waals surface area contributed by atoms with Crippen molar-refractivity contribution in [2.75, 3.05) is 0 Å². The SMILES string of the molecule is CC(O)Cn1ccc2c(C(F)(F)F)c(F)ccc21. The molecule has 2 rings (SSSR count). The first-order valence-corrected chi connectivity index (χ1v) is 5.33. The minimum atomic E-state index is -4.74. The first-order chi connectivity index (χ1) is 8.30. The number of aliphatic hydroxyl groups excluding tert-OH is 1. The molecule has 0 aliphatic heterocycles. The molecule has 6 heteroatoms. The van der Waals surface area contributed by atoms with Crippen molar-refractivity contribution in [3.63, 3.8) is 0 Å². The van der Waals surface area contributed by atoms with E-state index in [-0.39, 0.29) is 17.4 Å². The number of fused-ring (bicyclic) bond motifs is 1. The lowest BCUT2D eigenvalue weighted by Gasteiger charge is -2.11. The van der Waals surface area contributed by atoms with Gasteiger partial charge in [-0.1, -0.05) is 0 Å². The van der Waals surface area contributed by atoms with Gasteiger partial charge >= 0.3 is 6.18 Å². The Morgan fingerprint density at radius 2 is 1.94 bits per heavy atom. The van der Waals surface area contributed by atoms with E-state index in [0.29, 0.717) is 0 Å². The van der Waals surface area contributed by atoms with Crippen LogP contribution in [-0.4, -0.2) is 15.8 Å². The molecule has 18 heavy (non-hydrogen) atoms. The maximum Gasteiger partial charge on any atom is 0.419 e. The van der Waals surface area contributed by atoms with Gasteiger partial charge in [-0.3, -0.25) is 0 Å². The first-order valence-electron chi connectivity index (χ1n) is 5.33. The van der Waals surface area contributed by atoms with Crippen molar-refractivity contribution in [3.05, 3.63) is 35.8 Å². The summed E-state index contributed by atoms with van der Waals surface area (Å²) in [6.45, 7) is 1.69. The Labute approximate surface area is 100 Å². The van der Waals surface area contributed by atoms with Crippen LogP contribution >= 0.6 is 0 Å². The van der Waals surface area contributed by atoms with Gasteiger partial charge in [0.2, 0.25) is 0 Å². The smallest absolute Gasteiger partial charge is 0.392 e. The number of nitrogens with zero attached hydrogens (tertiary/aromatic N) is 1. The van der Waals surface area contributed by atoms with Crippen molar-refractivity contribution in [3.8, 4) is 0 Å². The van der Waals surface area contributed by atoms with E-state index in [2.05, 4.69) is 0 Å². The number of halogens is 4. The predicted octanol–water partition coefficient (Wildman–Crippen LogP) is 3.18. The molecule has 0 aliphatic rings. The van der Waals surface area contributed by atoms with Crippen molar-refractivity contribution >= 4 is 10.9 Å². The summed E-state index contributed by atoms with van der Waals surface area (Å²) in [7, 11) is 0. The molecule has 0 aliphatic carbocycles. The molecule has 0 bridgehead atoms. The Kier molecular flexibility index (Phi) is 3.06. The van der Waals surface area contributed by atoms with Gasteiger partial charge in [0, 0.05) is 23.6 Å². The molecular weight excluding hydrogens is 250 g/mol. The zero-order valence-electron chi connectivity index (χ0n) is 9.50. The third kappa shape index (κ3) is 2.20. The molecule has 1 unspecified atom stereocenters. The van der Waals surface area contributed by atoms with Gasteiger partial charge in [0.05, 0.1) is 6.10 Å². The molecule has 1 aromatic heterocycles. The fourth-order valence-electron chi connectivity index (χ4n) is 1.98. The zero-order chi connectivity index (χ0) is 13.5. The van der Waals surface area contributed by atoms with Gasteiger partial charge in [-0.2, -0.15) is 13.2 Å². The van der Waals surface area contributed by atoms with Gasteiger partial charge < -0.3 is 9.67 Å². The van der Waals surface area contributed by atoms with Crippen LogP contribution in [0.4, 0.5) is 17.6 Å². The molecule has 1 atom stereocenters. The van der Waals surface area contributed by atoms with Gasteiger partial charge in [0.15, 0.2) is 0 Å². The van der Waals surface area contributed by atoms with E-state index in [1.54, 1.807) is 0 Å². The molecule has 1 aromatic carbocycles. The molecule has 0 saturated carbocycles. The van der Waals surface area contributed by atoms with Crippen LogP contribution in [0.15, 0.2) is 24.4 Å². The lowest BCUT2D eigenvalue weighted by Crippen LogP contribution is -2.12. The molecule has 0 spiro atoms. The zero-order valence-corrected chi connectivity index (χ0v) is 9.50. The van der Waals surface area contributed by atoms with Crippen LogP contribution in [0.25, 0.3) is 10.9 Å². The Hall–Kier alpha value is -1.56. The Bertz CT molecular complexity index is 571. The molecule has 0 radical (unpaired) electrons. The van der Waals surface area contributed by atoms with E-state index in [9.17, 15) is 22.7 Å². The van der Waals surface area contributed by atoms with Crippen LogP contribution in [-0.2, 0) is 12.7 Å². The quantitative estimate of drug-likeness (QED) is 0.825. The van der Waals surface area contributed by atoms with Crippen molar-refractivity contribution in [2.24, 2.45) is 0 Å². The summed E-state index contributed by atoms with van der Waals surface area (Å²) in [5.41, 5.74) is -1.01. The van der Waals surface area contributed by atoms with Crippen molar-refractivity contribution in [1.82, 2.24) is 4.57 Å². The molecule has 0 fully saturated rings. The fraction of sp³-hybridized carbons (Fsp3) is 0.333. The average molecular weight is 261 g/mol. The van der Waals surface area contributed by atoms with Gasteiger partial charge in [0.1, 0.15) is 11.4 Å². The lowest BCUT2D eigenvalue weighted by atomic mass is 10.1. The molecular formula is C12H11F4NO. The van der Waals surface area contributed by atoms with Gasteiger partial charge in [-0.15, -0.1) is 0 Å². The van der Waals surface area contributed by atoms with Crippen LogP contribution in [0.5, 0.6) is 0 Å². The van der Waals surface area contributed by atoms with Gasteiger partial charge in [-0.05, 0) is 25.1 Å². The van der Waals surface area contributed by atoms with E-state index < -0.39 is 23.7 Å². The standard InChI is InChI=1S/C12H11F4NO/c1-7(18)6-17-5-4-8-10(17)3-2-9(13)11(8)12(14,15)16/h2-5,7,18H,6H2,1H3. The second-order valence-electron chi connectivity index (χ2n) is 4.17. The van der Waals surface area contributed by atoms with Crippen LogP contribution < -0.4 is 0 Å². The summed E-state index contributed by atoms with van der Waals surface area (Å²) >= 11 is 0. The van der Waals surface area contributed by atoms with Crippen LogP contribution in [0.1, 0.15) is 12.5 Å². The third-order valence-electron chi connectivity index (χ3n) is 2.65. The topological polar surface area (TPSA) is 25.2 Å². The van der Waals surface area contributed by atoms with Crippen molar-refractivity contribution in [2.45, 2.75) is 25.7 Å². The summed E-state index contributed by atoms with van der Waals surface area (Å²) in [4.78, 5) is 0. The highest BCUT2D eigenvalue weighted by molar-refractivity contribution is 5.84. The normalized spacial score (nSPS) is 14.1. The van der Waals surface area contributed by atoms with Crippen LogP contribution in [0, 0.1) is 5.82 Å². The Morgan fingerprint density at radius 3 is 2.50 bits per heavy atom. The number of hydrogen-bond donors (Lipinski definition) is 1. The summed E-state index contributed by atoms with van der Waals surface area (Å²) < 4.78 is 53.0. The highest BCUT2D eigenvalue weighted by Crippen LogP contribution is 2.37. The van der Waals surface area contributed by atoms with E-state index in [4.69, 9.17) is 0 Å². The second-order valence-corrected chi connectivity index (χ2v) is 4.17. The van der Waals surface area contributed by atoms with Crippen molar-refractivity contribution < 1.29 is 22.7 Å². The van der Waals surface area contributed by atoms with E-state index >= 15 is 0 Å². The minimum Gasteiger partial charge on any atom is -0.392 e. The highest BCUT2D eigenvalue weighted by Gasteiger charge is 2.36. The monoisotopic (exact) mass is 261 g/mol. The van der Waals surface area contributed by atoms with Gasteiger partial charge in [0.25, 0.3) is 0 Å². The van der Waals surface area contributed by atoms with Gasteiger partial charge in [-0.25, -0.2) is 4.39 Å². The van der Waals surface area contributed by atoms with Crippen LogP contribution in [0.3, 0.4) is 0 Å². The average Bonchev–Trinajstić information content (AvgIpc) is 2.58. The molecule has 1 heterocycles. The number of hydrogen-bond acceptors (Lipinski definition) is 1. The molecule has 0 saturated heterocycles. The summed E-state index contributed by atoms with van der Waals surface area (Å²) in [6, 6.07) is 3.29.